The monoisotopic (exact) mass is 302 g/mol. The summed E-state index contributed by atoms with van der Waals surface area (Å²) in [4.78, 5) is 26.5. The third kappa shape index (κ3) is 2.99. The minimum absolute atomic E-state index is 0.0164. The van der Waals surface area contributed by atoms with Crippen LogP contribution in [0.4, 0.5) is 5.69 Å². The molecule has 0 saturated heterocycles. The molecule has 2 amide bonds. The number of para-hydroxylation sites is 1. The summed E-state index contributed by atoms with van der Waals surface area (Å²) in [6.45, 7) is 2.17. The Morgan fingerprint density at radius 3 is 2.73 bits per heavy atom. The van der Waals surface area contributed by atoms with Crippen LogP contribution in [-0.4, -0.2) is 35.6 Å². The minimum Gasteiger partial charge on any atom is -0.391 e. The number of benzene rings is 1. The zero-order valence-corrected chi connectivity index (χ0v) is 12.8. The maximum absolute atomic E-state index is 12.8. The Bertz CT molecular complexity index is 581. The van der Waals surface area contributed by atoms with E-state index < -0.39 is 12.1 Å². The smallest absolute Gasteiger partial charge is 0.252 e. The van der Waals surface area contributed by atoms with Gasteiger partial charge in [-0.05, 0) is 44.2 Å². The molecule has 2 unspecified atom stereocenters. The van der Waals surface area contributed by atoms with E-state index in [4.69, 9.17) is 0 Å². The Hall–Kier alpha value is -1.88. The number of aliphatic hydroxyl groups is 1. The molecule has 1 heterocycles. The maximum Gasteiger partial charge on any atom is 0.252 e. The van der Waals surface area contributed by atoms with Gasteiger partial charge in [0, 0.05) is 18.2 Å². The number of nitrogens with one attached hydrogen (secondary N) is 1. The molecule has 1 aliphatic heterocycles. The molecule has 118 valence electrons. The highest BCUT2D eigenvalue weighted by atomic mass is 16.3. The molecule has 1 saturated carbocycles. The van der Waals surface area contributed by atoms with E-state index in [0.29, 0.717) is 6.54 Å². The molecule has 5 nitrogen and oxygen atoms in total. The number of nitrogens with zero attached hydrogens (tertiary/aromatic N) is 1. The van der Waals surface area contributed by atoms with Gasteiger partial charge in [0.25, 0.3) is 5.91 Å². The van der Waals surface area contributed by atoms with Crippen molar-refractivity contribution in [3.05, 3.63) is 29.8 Å². The molecule has 2 atom stereocenters. The summed E-state index contributed by atoms with van der Waals surface area (Å²) in [6, 6.07) is 6.95. The van der Waals surface area contributed by atoms with Crippen molar-refractivity contribution in [1.29, 1.82) is 0 Å². The van der Waals surface area contributed by atoms with Crippen LogP contribution in [0.3, 0.4) is 0 Å². The van der Waals surface area contributed by atoms with Gasteiger partial charge in [-0.2, -0.15) is 0 Å². The van der Waals surface area contributed by atoms with Gasteiger partial charge in [0.15, 0.2) is 0 Å². The Morgan fingerprint density at radius 1 is 1.32 bits per heavy atom. The zero-order chi connectivity index (χ0) is 15.7. The summed E-state index contributed by atoms with van der Waals surface area (Å²) >= 11 is 0. The van der Waals surface area contributed by atoms with Gasteiger partial charge in [0.05, 0.1) is 6.10 Å². The summed E-state index contributed by atoms with van der Waals surface area (Å²) in [5, 5.41) is 12.7. The molecule has 22 heavy (non-hydrogen) atoms. The van der Waals surface area contributed by atoms with E-state index in [1.54, 1.807) is 11.8 Å². The van der Waals surface area contributed by atoms with Crippen LogP contribution in [0.5, 0.6) is 0 Å². The number of aryl methyl sites for hydroxylation is 1. The first-order valence-corrected chi connectivity index (χ1v) is 7.95. The van der Waals surface area contributed by atoms with Gasteiger partial charge >= 0.3 is 0 Å². The molecule has 1 fully saturated rings. The van der Waals surface area contributed by atoms with Crippen LogP contribution < -0.4 is 10.2 Å². The SMILES string of the molecule is CC(O)C(NC(=O)C1CC1)C(=O)N1CCCc2ccccc21. The van der Waals surface area contributed by atoms with E-state index >= 15 is 0 Å². The van der Waals surface area contributed by atoms with Crippen molar-refractivity contribution in [1.82, 2.24) is 5.32 Å². The van der Waals surface area contributed by atoms with Crippen LogP contribution in [-0.2, 0) is 16.0 Å². The van der Waals surface area contributed by atoms with Gasteiger partial charge in [-0.25, -0.2) is 0 Å². The fraction of sp³-hybridized carbons (Fsp3) is 0.529. The van der Waals surface area contributed by atoms with Crippen molar-refractivity contribution in [2.75, 3.05) is 11.4 Å². The van der Waals surface area contributed by atoms with E-state index in [-0.39, 0.29) is 17.7 Å². The first-order valence-electron chi connectivity index (χ1n) is 7.95. The number of rotatable bonds is 4. The van der Waals surface area contributed by atoms with E-state index in [0.717, 1.165) is 36.9 Å². The lowest BCUT2D eigenvalue weighted by Gasteiger charge is -2.33. The largest absolute Gasteiger partial charge is 0.391 e. The van der Waals surface area contributed by atoms with E-state index in [1.165, 1.54) is 0 Å². The summed E-state index contributed by atoms with van der Waals surface area (Å²) in [7, 11) is 0. The number of amides is 2. The van der Waals surface area contributed by atoms with Gasteiger partial charge < -0.3 is 15.3 Å². The summed E-state index contributed by atoms with van der Waals surface area (Å²) in [5.74, 6) is -0.330. The summed E-state index contributed by atoms with van der Waals surface area (Å²) in [6.07, 6.45) is 2.68. The molecule has 2 N–H and O–H groups in total. The number of fused-ring (bicyclic) bond motifs is 1. The summed E-state index contributed by atoms with van der Waals surface area (Å²) in [5.41, 5.74) is 2.03. The average Bonchev–Trinajstić information content (AvgIpc) is 3.35. The number of carbonyl (C=O) groups excluding carboxylic acids is 2. The molecular weight excluding hydrogens is 280 g/mol. The van der Waals surface area contributed by atoms with Crippen LogP contribution in [0.15, 0.2) is 24.3 Å². The first kappa shape index (κ1) is 15.0. The normalized spacial score (nSPS) is 20.0. The lowest BCUT2D eigenvalue weighted by Crippen LogP contribution is -2.55. The Morgan fingerprint density at radius 2 is 2.05 bits per heavy atom. The van der Waals surface area contributed by atoms with Gasteiger partial charge in [0.1, 0.15) is 6.04 Å². The predicted molar refractivity (Wildman–Crippen MR) is 83.5 cm³/mol. The van der Waals surface area contributed by atoms with E-state index in [9.17, 15) is 14.7 Å². The molecule has 1 aromatic carbocycles. The quantitative estimate of drug-likeness (QED) is 0.879. The van der Waals surface area contributed by atoms with E-state index in [1.807, 2.05) is 24.3 Å². The second-order valence-electron chi connectivity index (χ2n) is 6.22. The van der Waals surface area contributed by atoms with Gasteiger partial charge in [0.2, 0.25) is 5.91 Å². The lowest BCUT2D eigenvalue weighted by molar-refractivity contribution is -0.130. The molecule has 1 aromatic rings. The summed E-state index contributed by atoms with van der Waals surface area (Å²) < 4.78 is 0. The lowest BCUT2D eigenvalue weighted by atomic mass is 10.00. The van der Waals surface area contributed by atoms with Crippen molar-refractivity contribution >= 4 is 17.5 Å². The van der Waals surface area contributed by atoms with E-state index in [2.05, 4.69) is 5.32 Å². The zero-order valence-electron chi connectivity index (χ0n) is 12.8. The van der Waals surface area contributed by atoms with Crippen molar-refractivity contribution in [2.24, 2.45) is 5.92 Å². The van der Waals surface area contributed by atoms with Gasteiger partial charge in [-0.15, -0.1) is 0 Å². The van der Waals surface area contributed by atoms with Crippen molar-refractivity contribution < 1.29 is 14.7 Å². The second-order valence-corrected chi connectivity index (χ2v) is 6.22. The van der Waals surface area contributed by atoms with Gasteiger partial charge in [-0.1, -0.05) is 18.2 Å². The van der Waals surface area contributed by atoms with Crippen LogP contribution in [0.1, 0.15) is 31.7 Å². The third-order valence-corrected chi connectivity index (χ3v) is 4.37. The molecule has 1 aliphatic carbocycles. The predicted octanol–water partition coefficient (Wildman–Crippen LogP) is 1.24. The Labute approximate surface area is 130 Å². The molecule has 0 aromatic heterocycles. The third-order valence-electron chi connectivity index (χ3n) is 4.37. The van der Waals surface area contributed by atoms with Crippen LogP contribution in [0, 0.1) is 5.92 Å². The number of hydrogen-bond donors (Lipinski definition) is 2. The molecule has 0 bridgehead atoms. The van der Waals surface area contributed by atoms with Crippen molar-refractivity contribution in [3.8, 4) is 0 Å². The first-order chi connectivity index (χ1) is 10.6. The maximum atomic E-state index is 12.8. The number of carbonyl (C=O) groups is 2. The number of aliphatic hydroxyl groups excluding tert-OH is 1. The van der Waals surface area contributed by atoms with Crippen LogP contribution in [0.2, 0.25) is 0 Å². The molecule has 5 heteroatoms. The highest BCUT2D eigenvalue weighted by Crippen LogP contribution is 2.30. The molecule has 0 spiro atoms. The number of anilines is 1. The van der Waals surface area contributed by atoms with Crippen molar-refractivity contribution in [3.63, 3.8) is 0 Å². The highest BCUT2D eigenvalue weighted by Gasteiger charge is 2.36. The molecule has 3 rings (SSSR count). The Kier molecular flexibility index (Phi) is 4.16. The highest BCUT2D eigenvalue weighted by molar-refractivity contribution is 6.00. The van der Waals surface area contributed by atoms with Crippen LogP contribution in [0.25, 0.3) is 0 Å². The Balaban J connectivity index is 1.80. The standard InChI is InChI=1S/C17H22N2O3/c1-11(20)15(18-16(21)13-8-9-13)17(22)19-10-4-6-12-5-2-3-7-14(12)19/h2-3,5,7,11,13,15,20H,4,6,8-10H2,1H3,(H,18,21). The average molecular weight is 302 g/mol. The fourth-order valence-electron chi connectivity index (χ4n) is 2.94. The second kappa shape index (κ2) is 6.08. The van der Waals surface area contributed by atoms with Crippen molar-refractivity contribution in [2.45, 2.75) is 44.8 Å². The topological polar surface area (TPSA) is 69.6 Å². The minimum atomic E-state index is -0.913. The fourth-order valence-corrected chi connectivity index (χ4v) is 2.94. The molecule has 2 aliphatic rings. The molecule has 0 radical (unpaired) electrons. The van der Waals surface area contributed by atoms with Gasteiger partial charge in [-0.3, -0.25) is 9.59 Å². The van der Waals surface area contributed by atoms with Crippen LogP contribution >= 0.6 is 0 Å². The molecular formula is C17H22N2O3. The number of hydrogen-bond acceptors (Lipinski definition) is 3.